The third-order valence-electron chi connectivity index (χ3n) is 5.78. The topological polar surface area (TPSA) is 84.9 Å². The Kier molecular flexibility index (Phi) is 5.39. The van der Waals surface area contributed by atoms with Crippen molar-refractivity contribution in [3.05, 3.63) is 58.6 Å². The first-order chi connectivity index (χ1) is 14.4. The number of hydrogen-bond donors (Lipinski definition) is 1. The molecule has 0 aliphatic carbocycles. The van der Waals surface area contributed by atoms with Crippen LogP contribution in [0.5, 0.6) is 5.75 Å². The Bertz CT molecular complexity index is 997. The molecule has 2 amide bonds. The second-order valence-corrected chi connectivity index (χ2v) is 7.85. The number of nitrogens with one attached hydrogen (secondary N) is 1. The second kappa shape index (κ2) is 7.99. The Hall–Kier alpha value is -3.06. The molecule has 1 saturated heterocycles. The number of hydrogen-bond acceptors (Lipinski definition) is 5. The highest BCUT2D eigenvalue weighted by atomic mass is 35.5. The molecular formula is C22H21ClN2O5. The lowest BCUT2D eigenvalue weighted by Crippen LogP contribution is -2.49. The molecule has 2 aliphatic heterocycles. The van der Waals surface area contributed by atoms with Gasteiger partial charge in [0.25, 0.3) is 5.91 Å². The van der Waals surface area contributed by atoms with E-state index in [0.29, 0.717) is 48.0 Å². The standard InChI is InChI=1S/C22H21ClN2O5/c1-29-20(27)14-2-7-18-17(12-14)22(21(28)24-18)8-10-25(11-9-22)19(26)13-30-16-5-3-15(23)4-6-16/h2-7,12H,8-11,13H2,1H3,(H,24,28). The van der Waals surface area contributed by atoms with Crippen molar-refractivity contribution in [2.24, 2.45) is 0 Å². The van der Waals surface area contributed by atoms with Crippen LogP contribution >= 0.6 is 11.6 Å². The van der Waals surface area contributed by atoms with E-state index >= 15 is 0 Å². The van der Waals surface area contributed by atoms with Crippen molar-refractivity contribution in [3.63, 3.8) is 0 Å². The highest BCUT2D eigenvalue weighted by molar-refractivity contribution is 6.30. The van der Waals surface area contributed by atoms with Crippen LogP contribution in [0, 0.1) is 0 Å². The number of rotatable bonds is 4. The van der Waals surface area contributed by atoms with E-state index in [0.717, 1.165) is 5.56 Å². The SMILES string of the molecule is COC(=O)c1ccc2c(c1)C1(CCN(C(=O)COc3ccc(Cl)cc3)CC1)C(=O)N2. The number of ether oxygens (including phenoxy) is 2. The molecule has 1 spiro atoms. The van der Waals surface area contributed by atoms with Gasteiger partial charge in [-0.3, -0.25) is 9.59 Å². The fraction of sp³-hybridized carbons (Fsp3) is 0.318. The van der Waals surface area contributed by atoms with Crippen molar-refractivity contribution in [1.29, 1.82) is 0 Å². The van der Waals surface area contributed by atoms with E-state index in [-0.39, 0.29) is 18.4 Å². The van der Waals surface area contributed by atoms with Crippen molar-refractivity contribution in [2.45, 2.75) is 18.3 Å². The third-order valence-corrected chi connectivity index (χ3v) is 6.04. The van der Waals surface area contributed by atoms with Crippen LogP contribution in [0.25, 0.3) is 0 Å². The van der Waals surface area contributed by atoms with Crippen molar-refractivity contribution in [2.75, 3.05) is 32.1 Å². The van der Waals surface area contributed by atoms with Gasteiger partial charge in [0, 0.05) is 23.8 Å². The fourth-order valence-corrected chi connectivity index (χ4v) is 4.19. The lowest BCUT2D eigenvalue weighted by molar-refractivity contribution is -0.137. The van der Waals surface area contributed by atoms with Gasteiger partial charge >= 0.3 is 5.97 Å². The molecule has 0 aromatic heterocycles. The van der Waals surface area contributed by atoms with Crippen molar-refractivity contribution in [1.82, 2.24) is 4.90 Å². The summed E-state index contributed by atoms with van der Waals surface area (Å²) in [5, 5.41) is 3.51. The Labute approximate surface area is 178 Å². The summed E-state index contributed by atoms with van der Waals surface area (Å²) in [5.74, 6) is -0.106. The van der Waals surface area contributed by atoms with Gasteiger partial charge in [0.05, 0.1) is 18.1 Å². The minimum absolute atomic E-state index is 0.0795. The number of piperidine rings is 1. The maximum absolute atomic E-state index is 12.8. The highest BCUT2D eigenvalue weighted by Crippen LogP contribution is 2.45. The number of methoxy groups -OCH3 is 1. The number of likely N-dealkylation sites (tertiary alicyclic amines) is 1. The molecule has 0 atom stereocenters. The Morgan fingerprint density at radius 1 is 1.13 bits per heavy atom. The molecule has 1 fully saturated rings. The Morgan fingerprint density at radius 3 is 2.50 bits per heavy atom. The first kappa shape index (κ1) is 20.2. The number of fused-ring (bicyclic) bond motifs is 2. The molecule has 0 bridgehead atoms. The molecule has 30 heavy (non-hydrogen) atoms. The molecule has 2 aromatic carbocycles. The number of nitrogens with zero attached hydrogens (tertiary/aromatic N) is 1. The summed E-state index contributed by atoms with van der Waals surface area (Å²) in [6.45, 7) is 0.778. The summed E-state index contributed by atoms with van der Waals surface area (Å²) in [5.41, 5.74) is 1.16. The number of carbonyl (C=O) groups is 3. The average molecular weight is 429 g/mol. The Morgan fingerprint density at radius 2 is 1.83 bits per heavy atom. The van der Waals surface area contributed by atoms with Gasteiger partial charge in [-0.1, -0.05) is 11.6 Å². The molecule has 2 heterocycles. The van der Waals surface area contributed by atoms with Crippen molar-refractivity contribution in [3.8, 4) is 5.75 Å². The normalized spacial score (nSPS) is 16.7. The van der Waals surface area contributed by atoms with Crippen LogP contribution in [-0.2, 0) is 19.7 Å². The van der Waals surface area contributed by atoms with E-state index in [1.54, 1.807) is 47.4 Å². The largest absolute Gasteiger partial charge is 0.484 e. The maximum atomic E-state index is 12.8. The van der Waals surface area contributed by atoms with Crippen LogP contribution in [0.3, 0.4) is 0 Å². The van der Waals surface area contributed by atoms with Crippen LogP contribution in [0.4, 0.5) is 5.69 Å². The van der Waals surface area contributed by atoms with Gasteiger partial charge in [0.1, 0.15) is 5.75 Å². The molecule has 7 nitrogen and oxygen atoms in total. The van der Waals surface area contributed by atoms with E-state index in [1.807, 2.05) is 0 Å². The second-order valence-electron chi connectivity index (χ2n) is 7.41. The van der Waals surface area contributed by atoms with Gasteiger partial charge in [-0.05, 0) is 60.9 Å². The van der Waals surface area contributed by atoms with Gasteiger partial charge in [0.15, 0.2) is 6.61 Å². The van der Waals surface area contributed by atoms with Gasteiger partial charge in [-0.15, -0.1) is 0 Å². The zero-order chi connectivity index (χ0) is 21.3. The van der Waals surface area contributed by atoms with E-state index in [2.05, 4.69) is 5.32 Å². The molecule has 2 aliphatic rings. The molecule has 0 saturated carbocycles. The number of anilines is 1. The van der Waals surface area contributed by atoms with Crippen LogP contribution in [0.1, 0.15) is 28.8 Å². The minimum atomic E-state index is -0.743. The van der Waals surface area contributed by atoms with E-state index < -0.39 is 11.4 Å². The van der Waals surface area contributed by atoms with Crippen LogP contribution in [-0.4, -0.2) is 49.5 Å². The summed E-state index contributed by atoms with van der Waals surface area (Å²) in [6.07, 6.45) is 0.951. The predicted molar refractivity (Wildman–Crippen MR) is 111 cm³/mol. The summed E-state index contributed by atoms with van der Waals surface area (Å²) in [7, 11) is 1.32. The number of halogens is 1. The molecule has 0 radical (unpaired) electrons. The van der Waals surface area contributed by atoms with Crippen LogP contribution in [0.2, 0.25) is 5.02 Å². The lowest BCUT2D eigenvalue weighted by atomic mass is 9.73. The van der Waals surface area contributed by atoms with Gasteiger partial charge in [0.2, 0.25) is 5.91 Å². The van der Waals surface area contributed by atoms with E-state index in [4.69, 9.17) is 21.1 Å². The maximum Gasteiger partial charge on any atom is 0.337 e. The van der Waals surface area contributed by atoms with Crippen LogP contribution in [0.15, 0.2) is 42.5 Å². The molecule has 156 valence electrons. The molecule has 2 aromatic rings. The number of carbonyl (C=O) groups excluding carboxylic acids is 3. The fourth-order valence-electron chi connectivity index (χ4n) is 4.06. The summed E-state index contributed by atoms with van der Waals surface area (Å²) < 4.78 is 10.3. The number of benzene rings is 2. The summed E-state index contributed by atoms with van der Waals surface area (Å²) >= 11 is 5.85. The number of amides is 2. The smallest absolute Gasteiger partial charge is 0.337 e. The third kappa shape index (κ3) is 3.61. The van der Waals surface area contributed by atoms with E-state index in [1.165, 1.54) is 7.11 Å². The zero-order valence-electron chi connectivity index (χ0n) is 16.4. The highest BCUT2D eigenvalue weighted by Gasteiger charge is 2.49. The average Bonchev–Trinajstić information content (AvgIpc) is 3.03. The molecular weight excluding hydrogens is 408 g/mol. The minimum Gasteiger partial charge on any atom is -0.484 e. The first-order valence-corrected chi connectivity index (χ1v) is 10.0. The molecule has 1 N–H and O–H groups in total. The molecule has 0 unspecified atom stereocenters. The van der Waals surface area contributed by atoms with Crippen LogP contribution < -0.4 is 10.1 Å². The summed E-state index contributed by atoms with van der Waals surface area (Å²) in [6, 6.07) is 11.9. The zero-order valence-corrected chi connectivity index (χ0v) is 17.2. The van der Waals surface area contributed by atoms with Gasteiger partial charge < -0.3 is 19.7 Å². The van der Waals surface area contributed by atoms with Crippen molar-refractivity contribution >= 4 is 35.1 Å². The number of esters is 1. The Balaban J connectivity index is 1.43. The monoisotopic (exact) mass is 428 g/mol. The van der Waals surface area contributed by atoms with Gasteiger partial charge in [-0.2, -0.15) is 0 Å². The first-order valence-electron chi connectivity index (χ1n) is 9.63. The van der Waals surface area contributed by atoms with Gasteiger partial charge in [-0.25, -0.2) is 4.79 Å². The van der Waals surface area contributed by atoms with Crippen molar-refractivity contribution < 1.29 is 23.9 Å². The molecule has 4 rings (SSSR count). The molecule has 8 heteroatoms. The summed E-state index contributed by atoms with van der Waals surface area (Å²) in [4.78, 5) is 39.0. The van der Waals surface area contributed by atoms with E-state index in [9.17, 15) is 14.4 Å². The predicted octanol–water partition coefficient (Wildman–Crippen LogP) is 3.02. The quantitative estimate of drug-likeness (QED) is 0.756. The lowest BCUT2D eigenvalue weighted by Gasteiger charge is -2.38.